The van der Waals surface area contributed by atoms with E-state index in [0.29, 0.717) is 12.1 Å². The Balaban J connectivity index is 2.59. The van der Waals surface area contributed by atoms with Crippen LogP contribution in [0, 0.1) is 0 Å². The second-order valence-corrected chi connectivity index (χ2v) is 4.52. The highest BCUT2D eigenvalue weighted by atomic mass is 35.5. The predicted molar refractivity (Wildman–Crippen MR) is 62.5 cm³/mol. The maximum absolute atomic E-state index is 5.78. The molecule has 1 fully saturated rings. The van der Waals surface area contributed by atoms with Gasteiger partial charge in [0.05, 0.1) is 0 Å². The lowest BCUT2D eigenvalue weighted by Gasteiger charge is -2.40. The van der Waals surface area contributed by atoms with E-state index in [2.05, 4.69) is 18.7 Å². The van der Waals surface area contributed by atoms with Gasteiger partial charge < -0.3 is 5.73 Å². The normalized spacial score (nSPS) is 30.7. The molecule has 0 radical (unpaired) electrons. The molecular formula is C11H21ClN2. The molecule has 0 aromatic heterocycles. The summed E-state index contributed by atoms with van der Waals surface area (Å²) < 4.78 is 0. The highest BCUT2D eigenvalue weighted by Crippen LogP contribution is 2.23. The maximum Gasteiger partial charge on any atom is 0.0224 e. The van der Waals surface area contributed by atoms with Crippen LogP contribution in [0.25, 0.3) is 0 Å². The van der Waals surface area contributed by atoms with E-state index in [1.807, 2.05) is 0 Å². The van der Waals surface area contributed by atoms with Gasteiger partial charge in [0, 0.05) is 30.7 Å². The molecule has 0 aromatic rings. The van der Waals surface area contributed by atoms with Gasteiger partial charge in [-0.25, -0.2) is 0 Å². The van der Waals surface area contributed by atoms with Crippen molar-refractivity contribution < 1.29 is 0 Å². The Kier molecular flexibility index (Phi) is 4.93. The van der Waals surface area contributed by atoms with Crippen LogP contribution in [-0.4, -0.2) is 30.1 Å². The van der Waals surface area contributed by atoms with Gasteiger partial charge in [-0.05, 0) is 32.3 Å². The largest absolute Gasteiger partial charge is 0.329 e. The minimum atomic E-state index is 0.547. The van der Waals surface area contributed by atoms with Gasteiger partial charge in [-0.1, -0.05) is 18.0 Å². The van der Waals surface area contributed by atoms with Crippen LogP contribution in [0.2, 0.25) is 0 Å². The van der Waals surface area contributed by atoms with E-state index < -0.39 is 0 Å². The molecule has 3 heteroatoms. The van der Waals surface area contributed by atoms with Crippen molar-refractivity contribution in [3.63, 3.8) is 0 Å². The molecule has 2 N–H and O–H groups in total. The van der Waals surface area contributed by atoms with Crippen LogP contribution in [0.4, 0.5) is 0 Å². The summed E-state index contributed by atoms with van der Waals surface area (Å²) in [7, 11) is 0. The zero-order valence-corrected chi connectivity index (χ0v) is 9.93. The van der Waals surface area contributed by atoms with Crippen molar-refractivity contribution in [2.75, 3.05) is 13.1 Å². The van der Waals surface area contributed by atoms with Crippen LogP contribution in [-0.2, 0) is 0 Å². The summed E-state index contributed by atoms with van der Waals surface area (Å²) in [6.45, 7) is 6.08. The second kappa shape index (κ2) is 5.74. The third-order valence-electron chi connectivity index (χ3n) is 3.08. The Morgan fingerprint density at radius 1 is 1.57 bits per heavy atom. The van der Waals surface area contributed by atoms with E-state index in [4.69, 9.17) is 17.3 Å². The summed E-state index contributed by atoms with van der Waals surface area (Å²) in [4.78, 5) is 2.48. The average Bonchev–Trinajstić information content (AvgIpc) is 2.20. The lowest BCUT2D eigenvalue weighted by atomic mass is 9.96. The van der Waals surface area contributed by atoms with E-state index in [1.54, 1.807) is 5.54 Å². The number of piperidine rings is 1. The Hall–Kier alpha value is -0.0500. The minimum absolute atomic E-state index is 0.547. The predicted octanol–water partition coefficient (Wildman–Crippen LogP) is 2.33. The van der Waals surface area contributed by atoms with Gasteiger partial charge in [0.15, 0.2) is 0 Å². The molecule has 1 aliphatic rings. The molecule has 82 valence electrons. The lowest BCUT2D eigenvalue weighted by molar-refractivity contribution is 0.109. The van der Waals surface area contributed by atoms with Crippen LogP contribution in [0.15, 0.2) is 11.1 Å². The topological polar surface area (TPSA) is 29.3 Å². The Morgan fingerprint density at radius 2 is 2.29 bits per heavy atom. The van der Waals surface area contributed by atoms with Gasteiger partial charge in [-0.2, -0.15) is 0 Å². The molecule has 1 saturated heterocycles. The minimum Gasteiger partial charge on any atom is -0.329 e. The van der Waals surface area contributed by atoms with Crippen LogP contribution < -0.4 is 5.73 Å². The smallest absolute Gasteiger partial charge is 0.0224 e. The summed E-state index contributed by atoms with van der Waals surface area (Å²) in [6.07, 6.45) is 3.83. The summed E-state index contributed by atoms with van der Waals surface area (Å²) in [6, 6.07) is 1.19. The molecule has 0 saturated carbocycles. The molecule has 0 bridgehead atoms. The maximum atomic E-state index is 5.78. The zero-order valence-electron chi connectivity index (χ0n) is 9.17. The molecule has 1 rings (SSSR count). The quantitative estimate of drug-likeness (QED) is 0.785. The van der Waals surface area contributed by atoms with Crippen molar-refractivity contribution in [2.24, 2.45) is 5.73 Å². The molecule has 1 aliphatic heterocycles. The van der Waals surface area contributed by atoms with Gasteiger partial charge >= 0.3 is 0 Å². The first kappa shape index (κ1) is 12.0. The van der Waals surface area contributed by atoms with Crippen molar-refractivity contribution in [3.05, 3.63) is 11.1 Å². The Labute approximate surface area is 92.1 Å². The average molecular weight is 217 g/mol. The molecule has 2 atom stereocenters. The van der Waals surface area contributed by atoms with E-state index >= 15 is 0 Å². The number of nitrogens with two attached hydrogens (primary N) is 1. The molecule has 2 nitrogen and oxygen atoms in total. The highest BCUT2D eigenvalue weighted by molar-refractivity contribution is 6.25. The Bertz CT molecular complexity index is 203. The monoisotopic (exact) mass is 216 g/mol. The number of likely N-dealkylation sites (tertiary alicyclic amines) is 1. The molecule has 1 heterocycles. The molecule has 0 spiro atoms. The fourth-order valence-electron chi connectivity index (χ4n) is 2.20. The first-order valence-electron chi connectivity index (χ1n) is 5.40. The highest BCUT2D eigenvalue weighted by Gasteiger charge is 2.26. The number of hydrogen-bond donors (Lipinski definition) is 1. The number of rotatable bonds is 3. The zero-order chi connectivity index (χ0) is 10.6. The van der Waals surface area contributed by atoms with E-state index in [9.17, 15) is 0 Å². The third-order valence-corrected chi connectivity index (χ3v) is 3.46. The molecule has 14 heavy (non-hydrogen) atoms. The summed E-state index contributed by atoms with van der Waals surface area (Å²) in [5.41, 5.74) is 8.68. The molecule has 2 unspecified atom stereocenters. The molecule has 0 amide bonds. The third kappa shape index (κ3) is 2.97. The second-order valence-electron chi connectivity index (χ2n) is 4.30. The van der Waals surface area contributed by atoms with Gasteiger partial charge in [-0.15, -0.1) is 0 Å². The fraction of sp³-hybridized carbons (Fsp3) is 0.818. The van der Waals surface area contributed by atoms with Gasteiger partial charge in [-0.3, -0.25) is 4.90 Å². The van der Waals surface area contributed by atoms with Gasteiger partial charge in [0.2, 0.25) is 0 Å². The molecule has 0 aromatic carbocycles. The Morgan fingerprint density at radius 3 is 2.86 bits per heavy atom. The molecular weight excluding hydrogens is 196 g/mol. The summed E-state index contributed by atoms with van der Waals surface area (Å²) >= 11 is 5.69. The van der Waals surface area contributed by atoms with Crippen molar-refractivity contribution in [3.8, 4) is 0 Å². The van der Waals surface area contributed by atoms with Gasteiger partial charge in [0.25, 0.3) is 0 Å². The van der Waals surface area contributed by atoms with Crippen molar-refractivity contribution >= 4 is 11.6 Å². The lowest BCUT2D eigenvalue weighted by Crippen LogP contribution is -2.49. The standard InChI is InChI=1S/C11H21ClN2/c1-9(6-12)8-14-10(2)4-3-5-11(14)7-13/h6,10-11H,3-5,7-8,13H2,1-2H3. The van der Waals surface area contributed by atoms with Crippen LogP contribution in [0.3, 0.4) is 0 Å². The van der Waals surface area contributed by atoms with Crippen molar-refractivity contribution in [2.45, 2.75) is 45.2 Å². The van der Waals surface area contributed by atoms with Gasteiger partial charge in [0.1, 0.15) is 0 Å². The first-order chi connectivity index (χ1) is 6.69. The van der Waals surface area contributed by atoms with E-state index in [0.717, 1.165) is 13.1 Å². The SMILES string of the molecule is CC(=CCl)CN1C(C)CCCC1CN. The summed E-state index contributed by atoms with van der Waals surface area (Å²) in [5, 5.41) is 0. The van der Waals surface area contributed by atoms with Crippen molar-refractivity contribution in [1.29, 1.82) is 0 Å². The number of hydrogen-bond acceptors (Lipinski definition) is 2. The summed E-state index contributed by atoms with van der Waals surface area (Å²) in [5.74, 6) is 0. The van der Waals surface area contributed by atoms with Crippen LogP contribution in [0.5, 0.6) is 0 Å². The first-order valence-corrected chi connectivity index (χ1v) is 5.84. The number of halogens is 1. The van der Waals surface area contributed by atoms with Crippen LogP contribution >= 0.6 is 11.6 Å². The fourth-order valence-corrected chi connectivity index (χ4v) is 2.27. The van der Waals surface area contributed by atoms with E-state index in [-0.39, 0.29) is 0 Å². The number of nitrogens with zero attached hydrogens (tertiary/aromatic N) is 1. The van der Waals surface area contributed by atoms with E-state index in [1.165, 1.54) is 24.8 Å². The molecule has 0 aliphatic carbocycles. The van der Waals surface area contributed by atoms with Crippen LogP contribution in [0.1, 0.15) is 33.1 Å². The van der Waals surface area contributed by atoms with Crippen molar-refractivity contribution in [1.82, 2.24) is 4.90 Å².